The summed E-state index contributed by atoms with van der Waals surface area (Å²) in [6.07, 6.45) is 1.11. The molecular formula is C23H27ClN4O3S2. The van der Waals surface area contributed by atoms with E-state index in [1.54, 1.807) is 35.2 Å². The second-order valence-corrected chi connectivity index (χ2v) is 11.8. The first-order valence-corrected chi connectivity index (χ1v) is 13.4. The minimum absolute atomic E-state index is 0.208. The van der Waals surface area contributed by atoms with Crippen molar-refractivity contribution >= 4 is 54.2 Å². The van der Waals surface area contributed by atoms with Gasteiger partial charge in [-0.25, -0.2) is 13.4 Å². The van der Waals surface area contributed by atoms with Crippen molar-refractivity contribution in [1.29, 1.82) is 0 Å². The highest BCUT2D eigenvalue weighted by Gasteiger charge is 2.42. The SMILES string of the molecule is Cc1ccc(S(=O)(=O)N2CCCC2C(=O)N(CCN(C)C)c2nc3c(Cl)cccc3s2)cc1. The van der Waals surface area contributed by atoms with E-state index in [1.165, 1.54) is 15.6 Å². The van der Waals surface area contributed by atoms with Gasteiger partial charge in [-0.3, -0.25) is 9.69 Å². The van der Waals surface area contributed by atoms with E-state index in [2.05, 4.69) is 4.98 Å². The Bertz CT molecular complexity index is 1260. The lowest BCUT2D eigenvalue weighted by Gasteiger charge is -2.29. The number of thiazole rings is 1. The molecule has 1 atom stereocenters. The van der Waals surface area contributed by atoms with Crippen LogP contribution in [0.4, 0.5) is 5.13 Å². The number of anilines is 1. The van der Waals surface area contributed by atoms with Crippen LogP contribution in [0.15, 0.2) is 47.4 Å². The van der Waals surface area contributed by atoms with Gasteiger partial charge < -0.3 is 4.90 Å². The number of hydrogen-bond donors (Lipinski definition) is 0. The number of halogens is 1. The van der Waals surface area contributed by atoms with Crippen molar-refractivity contribution in [2.24, 2.45) is 0 Å². The summed E-state index contributed by atoms with van der Waals surface area (Å²) in [5.41, 5.74) is 1.63. The van der Waals surface area contributed by atoms with Gasteiger partial charge >= 0.3 is 0 Å². The van der Waals surface area contributed by atoms with Crippen molar-refractivity contribution in [3.8, 4) is 0 Å². The van der Waals surface area contributed by atoms with E-state index in [0.29, 0.717) is 48.1 Å². The number of amides is 1. The van der Waals surface area contributed by atoms with Gasteiger partial charge in [-0.1, -0.05) is 46.7 Å². The standard InChI is InChI=1S/C23H27ClN4O3S2/c1-16-9-11-17(12-10-16)33(30,31)28-13-5-7-19(28)22(29)27(15-14-26(2)3)23-25-21-18(24)6-4-8-20(21)32-23/h4,6,8-12,19H,5,7,13-15H2,1-3H3. The minimum atomic E-state index is -3.79. The molecule has 1 amide bonds. The number of sulfonamides is 1. The maximum Gasteiger partial charge on any atom is 0.247 e. The molecule has 1 fully saturated rings. The van der Waals surface area contributed by atoms with Crippen molar-refractivity contribution in [3.05, 3.63) is 53.1 Å². The average molecular weight is 507 g/mol. The molecule has 7 nitrogen and oxygen atoms in total. The third-order valence-corrected chi connectivity index (χ3v) is 9.01. The molecule has 0 saturated carbocycles. The Kier molecular flexibility index (Phi) is 7.07. The largest absolute Gasteiger partial charge is 0.308 e. The Morgan fingerprint density at radius 1 is 1.18 bits per heavy atom. The second-order valence-electron chi connectivity index (χ2n) is 8.46. The number of aryl methyl sites for hydroxylation is 1. The zero-order chi connectivity index (χ0) is 23.8. The van der Waals surface area contributed by atoms with Crippen LogP contribution < -0.4 is 4.90 Å². The Labute approximate surface area is 203 Å². The van der Waals surface area contributed by atoms with E-state index in [9.17, 15) is 13.2 Å². The van der Waals surface area contributed by atoms with Crippen LogP contribution in [0.1, 0.15) is 18.4 Å². The van der Waals surface area contributed by atoms with E-state index in [4.69, 9.17) is 11.6 Å². The van der Waals surface area contributed by atoms with Crippen LogP contribution in [0.2, 0.25) is 5.02 Å². The molecule has 0 bridgehead atoms. The molecule has 1 unspecified atom stereocenters. The Morgan fingerprint density at radius 2 is 1.91 bits per heavy atom. The molecule has 1 saturated heterocycles. The number of likely N-dealkylation sites (N-methyl/N-ethyl adjacent to an activating group) is 1. The highest BCUT2D eigenvalue weighted by atomic mass is 35.5. The van der Waals surface area contributed by atoms with Crippen molar-refractivity contribution in [3.63, 3.8) is 0 Å². The van der Waals surface area contributed by atoms with Crippen molar-refractivity contribution in [2.45, 2.75) is 30.7 Å². The van der Waals surface area contributed by atoms with Crippen LogP contribution in [0.5, 0.6) is 0 Å². The molecule has 2 aromatic carbocycles. The van der Waals surface area contributed by atoms with Crippen LogP contribution >= 0.6 is 22.9 Å². The van der Waals surface area contributed by atoms with E-state index < -0.39 is 16.1 Å². The molecule has 3 aromatic rings. The number of aromatic nitrogens is 1. The molecule has 176 valence electrons. The number of benzene rings is 2. The molecule has 1 aromatic heterocycles. The first-order chi connectivity index (χ1) is 15.7. The number of fused-ring (bicyclic) bond motifs is 1. The summed E-state index contributed by atoms with van der Waals surface area (Å²) in [6, 6.07) is 11.5. The number of hydrogen-bond acceptors (Lipinski definition) is 6. The van der Waals surface area contributed by atoms with Crippen LogP contribution in [-0.2, 0) is 14.8 Å². The average Bonchev–Trinajstić information content (AvgIpc) is 3.42. The van der Waals surface area contributed by atoms with E-state index in [1.807, 2.05) is 38.1 Å². The molecule has 0 N–H and O–H groups in total. The van der Waals surface area contributed by atoms with Crippen molar-refractivity contribution < 1.29 is 13.2 Å². The molecule has 2 heterocycles. The van der Waals surface area contributed by atoms with Gasteiger partial charge in [0.2, 0.25) is 15.9 Å². The van der Waals surface area contributed by atoms with E-state index in [-0.39, 0.29) is 10.8 Å². The maximum atomic E-state index is 13.8. The summed E-state index contributed by atoms with van der Waals surface area (Å²) >= 11 is 7.70. The lowest BCUT2D eigenvalue weighted by molar-refractivity contribution is -0.121. The summed E-state index contributed by atoms with van der Waals surface area (Å²) in [5, 5.41) is 1.06. The molecule has 10 heteroatoms. The lowest BCUT2D eigenvalue weighted by Crippen LogP contribution is -2.49. The summed E-state index contributed by atoms with van der Waals surface area (Å²) < 4.78 is 29.0. The summed E-state index contributed by atoms with van der Waals surface area (Å²) in [6.45, 7) is 3.25. The first-order valence-electron chi connectivity index (χ1n) is 10.8. The number of carbonyl (C=O) groups is 1. The van der Waals surface area contributed by atoms with Crippen LogP contribution in [-0.4, -0.2) is 68.3 Å². The molecular weight excluding hydrogens is 480 g/mol. The van der Waals surface area contributed by atoms with Gasteiger partial charge in [0.1, 0.15) is 11.6 Å². The van der Waals surface area contributed by atoms with Crippen molar-refractivity contribution in [2.75, 3.05) is 38.6 Å². The number of rotatable bonds is 7. The fourth-order valence-corrected chi connectivity index (χ4v) is 6.87. The first kappa shape index (κ1) is 24.1. The van der Waals surface area contributed by atoms with Crippen LogP contribution in [0.3, 0.4) is 0 Å². The summed E-state index contributed by atoms with van der Waals surface area (Å²) in [7, 11) is 0.0736. The Hall–Kier alpha value is -2.04. The van der Waals surface area contributed by atoms with Crippen LogP contribution in [0, 0.1) is 6.92 Å². The quantitative estimate of drug-likeness (QED) is 0.484. The molecule has 1 aliphatic heterocycles. The highest BCUT2D eigenvalue weighted by molar-refractivity contribution is 7.89. The minimum Gasteiger partial charge on any atom is -0.308 e. The zero-order valence-electron chi connectivity index (χ0n) is 18.9. The highest BCUT2D eigenvalue weighted by Crippen LogP contribution is 2.35. The van der Waals surface area contributed by atoms with Gasteiger partial charge in [0.15, 0.2) is 5.13 Å². The van der Waals surface area contributed by atoms with Gasteiger partial charge in [-0.05, 0) is 58.1 Å². The molecule has 33 heavy (non-hydrogen) atoms. The molecule has 0 aliphatic carbocycles. The topological polar surface area (TPSA) is 73.8 Å². The van der Waals surface area contributed by atoms with Gasteiger partial charge in [0, 0.05) is 19.6 Å². The predicted molar refractivity (Wildman–Crippen MR) is 134 cm³/mol. The monoisotopic (exact) mass is 506 g/mol. The Balaban J connectivity index is 1.68. The zero-order valence-corrected chi connectivity index (χ0v) is 21.3. The number of carbonyl (C=O) groups excluding carboxylic acids is 1. The van der Waals surface area contributed by atoms with Crippen molar-refractivity contribution in [1.82, 2.24) is 14.2 Å². The summed E-state index contributed by atoms with van der Waals surface area (Å²) in [4.78, 5) is 22.3. The second kappa shape index (κ2) is 9.68. The van der Waals surface area contributed by atoms with Gasteiger partial charge in [0.25, 0.3) is 0 Å². The smallest absolute Gasteiger partial charge is 0.247 e. The lowest BCUT2D eigenvalue weighted by atomic mass is 10.2. The predicted octanol–water partition coefficient (Wildman–Crippen LogP) is 4.01. The van der Waals surface area contributed by atoms with Gasteiger partial charge in [0.05, 0.1) is 14.6 Å². The molecule has 0 spiro atoms. The van der Waals surface area contributed by atoms with E-state index >= 15 is 0 Å². The molecule has 0 radical (unpaired) electrons. The normalized spacial score (nSPS) is 17.2. The summed E-state index contributed by atoms with van der Waals surface area (Å²) in [5.74, 6) is -0.250. The molecule has 1 aliphatic rings. The van der Waals surface area contributed by atoms with Crippen LogP contribution in [0.25, 0.3) is 10.2 Å². The van der Waals surface area contributed by atoms with Gasteiger partial charge in [-0.15, -0.1) is 0 Å². The third kappa shape index (κ3) is 4.93. The maximum absolute atomic E-state index is 13.8. The molecule has 4 rings (SSSR count). The number of nitrogens with zero attached hydrogens (tertiary/aromatic N) is 4. The fraction of sp³-hybridized carbons (Fsp3) is 0.391. The van der Waals surface area contributed by atoms with E-state index in [0.717, 1.165) is 10.3 Å². The Morgan fingerprint density at radius 3 is 2.58 bits per heavy atom. The van der Waals surface area contributed by atoms with Gasteiger partial charge in [-0.2, -0.15) is 4.31 Å². The number of para-hydroxylation sites is 1. The third-order valence-electron chi connectivity index (χ3n) is 5.74. The fourth-order valence-electron chi connectivity index (χ4n) is 3.92.